The van der Waals surface area contributed by atoms with E-state index in [1.165, 1.54) is 0 Å². The molecule has 0 fully saturated rings. The molecule has 0 atom stereocenters. The van der Waals surface area contributed by atoms with Crippen LogP contribution in [0, 0.1) is 11.3 Å². The summed E-state index contributed by atoms with van der Waals surface area (Å²) in [6, 6.07) is 21.9. The van der Waals surface area contributed by atoms with Gasteiger partial charge < -0.3 is 0 Å². The van der Waals surface area contributed by atoms with Crippen molar-refractivity contribution in [2.75, 3.05) is 0 Å². The Balaban J connectivity index is 2.05. The maximum Gasteiger partial charge on any atom is 0.0998 e. The van der Waals surface area contributed by atoms with E-state index < -0.39 is 0 Å². The Morgan fingerprint density at radius 3 is 2.57 bits per heavy atom. The third kappa shape index (κ3) is 2.32. The van der Waals surface area contributed by atoms with Gasteiger partial charge in [0, 0.05) is 22.2 Å². The maximum atomic E-state index is 9.47. The highest BCUT2D eigenvalue weighted by atomic mass is 35.5. The standard InChI is InChI=1S/C20H11ClN2/c21-17-5-6-19-14(11-17)7-8-23-20(19)15-9-13-3-1-2-4-18(13)16(10-15)12-22/h1-11H. The molecule has 0 aliphatic rings. The van der Waals surface area contributed by atoms with Gasteiger partial charge in [0.15, 0.2) is 0 Å². The fourth-order valence-electron chi connectivity index (χ4n) is 2.92. The number of aromatic nitrogens is 1. The number of hydrogen-bond acceptors (Lipinski definition) is 2. The minimum atomic E-state index is 0.658. The fourth-order valence-corrected chi connectivity index (χ4v) is 3.10. The van der Waals surface area contributed by atoms with E-state index in [1.54, 1.807) is 6.20 Å². The fraction of sp³-hybridized carbons (Fsp3) is 0. The molecule has 4 aromatic rings. The number of nitriles is 1. The largest absolute Gasteiger partial charge is 0.256 e. The average molecular weight is 315 g/mol. The zero-order valence-corrected chi connectivity index (χ0v) is 12.9. The average Bonchev–Trinajstić information content (AvgIpc) is 2.60. The van der Waals surface area contributed by atoms with Crippen LogP contribution >= 0.6 is 11.6 Å². The monoisotopic (exact) mass is 314 g/mol. The molecule has 0 saturated carbocycles. The molecule has 0 aliphatic carbocycles. The van der Waals surface area contributed by atoms with Gasteiger partial charge in [0.2, 0.25) is 0 Å². The summed E-state index contributed by atoms with van der Waals surface area (Å²) in [4.78, 5) is 4.54. The molecular weight excluding hydrogens is 304 g/mol. The minimum absolute atomic E-state index is 0.658. The molecule has 1 heterocycles. The van der Waals surface area contributed by atoms with Crippen LogP contribution in [0.3, 0.4) is 0 Å². The quantitative estimate of drug-likeness (QED) is 0.460. The van der Waals surface area contributed by atoms with Crippen molar-refractivity contribution in [1.29, 1.82) is 5.26 Å². The molecule has 1 aromatic heterocycles. The van der Waals surface area contributed by atoms with Gasteiger partial charge in [-0.1, -0.05) is 41.9 Å². The SMILES string of the molecule is N#Cc1cc(-c2nccc3cc(Cl)ccc23)cc2ccccc12. The summed E-state index contributed by atoms with van der Waals surface area (Å²) < 4.78 is 0. The first-order valence-electron chi connectivity index (χ1n) is 7.24. The Hall–Kier alpha value is -2.89. The Morgan fingerprint density at radius 2 is 1.70 bits per heavy atom. The van der Waals surface area contributed by atoms with Crippen LogP contribution in [0.5, 0.6) is 0 Å². The van der Waals surface area contributed by atoms with Crippen LogP contribution in [-0.4, -0.2) is 4.98 Å². The number of halogens is 1. The highest BCUT2D eigenvalue weighted by Crippen LogP contribution is 2.31. The van der Waals surface area contributed by atoms with Crippen LogP contribution in [0.1, 0.15) is 5.56 Å². The van der Waals surface area contributed by atoms with Crippen LogP contribution in [0.2, 0.25) is 5.02 Å². The second kappa shape index (κ2) is 5.39. The second-order valence-corrected chi connectivity index (χ2v) is 5.82. The van der Waals surface area contributed by atoms with Crippen molar-refractivity contribution in [3.05, 3.63) is 77.4 Å². The topological polar surface area (TPSA) is 36.7 Å². The number of rotatable bonds is 1. The van der Waals surface area contributed by atoms with Crippen molar-refractivity contribution >= 4 is 33.1 Å². The molecule has 0 bridgehead atoms. The Bertz CT molecular complexity index is 1090. The molecule has 4 rings (SSSR count). The molecule has 0 aliphatic heterocycles. The van der Waals surface area contributed by atoms with E-state index in [0.717, 1.165) is 32.8 Å². The number of hydrogen-bond donors (Lipinski definition) is 0. The molecule has 0 amide bonds. The summed E-state index contributed by atoms with van der Waals surface area (Å²) in [6.07, 6.45) is 1.77. The predicted molar refractivity (Wildman–Crippen MR) is 94.4 cm³/mol. The first-order chi connectivity index (χ1) is 11.3. The van der Waals surface area contributed by atoms with Gasteiger partial charge >= 0.3 is 0 Å². The molecule has 0 spiro atoms. The smallest absolute Gasteiger partial charge is 0.0998 e. The molecule has 0 N–H and O–H groups in total. The first kappa shape index (κ1) is 13.8. The van der Waals surface area contributed by atoms with E-state index in [4.69, 9.17) is 11.6 Å². The second-order valence-electron chi connectivity index (χ2n) is 5.38. The molecule has 3 aromatic carbocycles. The lowest BCUT2D eigenvalue weighted by Crippen LogP contribution is -1.89. The Morgan fingerprint density at radius 1 is 0.870 bits per heavy atom. The number of fused-ring (bicyclic) bond motifs is 2. The molecular formula is C20H11ClN2. The van der Waals surface area contributed by atoms with Crippen molar-refractivity contribution in [1.82, 2.24) is 4.98 Å². The Labute approximate surface area is 138 Å². The molecule has 0 saturated heterocycles. The van der Waals surface area contributed by atoms with Crippen LogP contribution in [0.15, 0.2) is 66.9 Å². The third-order valence-electron chi connectivity index (χ3n) is 3.98. The summed E-state index contributed by atoms with van der Waals surface area (Å²) in [7, 11) is 0. The van der Waals surface area contributed by atoms with E-state index >= 15 is 0 Å². The minimum Gasteiger partial charge on any atom is -0.256 e. The molecule has 0 unspecified atom stereocenters. The van der Waals surface area contributed by atoms with E-state index in [0.29, 0.717) is 10.6 Å². The van der Waals surface area contributed by atoms with Gasteiger partial charge in [0.1, 0.15) is 0 Å². The van der Waals surface area contributed by atoms with Crippen LogP contribution in [0.25, 0.3) is 32.8 Å². The molecule has 2 nitrogen and oxygen atoms in total. The van der Waals surface area contributed by atoms with Gasteiger partial charge in [-0.3, -0.25) is 4.98 Å². The van der Waals surface area contributed by atoms with Crippen LogP contribution in [0.4, 0.5) is 0 Å². The van der Waals surface area contributed by atoms with Gasteiger partial charge in [0.25, 0.3) is 0 Å². The lowest BCUT2D eigenvalue weighted by atomic mass is 9.97. The highest BCUT2D eigenvalue weighted by molar-refractivity contribution is 6.31. The van der Waals surface area contributed by atoms with Gasteiger partial charge in [-0.25, -0.2) is 0 Å². The lowest BCUT2D eigenvalue weighted by molar-refractivity contribution is 1.36. The summed E-state index contributed by atoms with van der Waals surface area (Å²) in [5.41, 5.74) is 2.46. The van der Waals surface area contributed by atoms with E-state index in [-0.39, 0.29) is 0 Å². The van der Waals surface area contributed by atoms with Crippen molar-refractivity contribution < 1.29 is 0 Å². The maximum absolute atomic E-state index is 9.47. The van der Waals surface area contributed by atoms with Gasteiger partial charge in [-0.15, -0.1) is 0 Å². The molecule has 3 heteroatoms. The lowest BCUT2D eigenvalue weighted by Gasteiger charge is -2.09. The van der Waals surface area contributed by atoms with Crippen molar-refractivity contribution in [3.8, 4) is 17.3 Å². The van der Waals surface area contributed by atoms with E-state index in [2.05, 4.69) is 17.1 Å². The van der Waals surface area contributed by atoms with E-state index in [1.807, 2.05) is 54.6 Å². The van der Waals surface area contributed by atoms with Crippen LogP contribution < -0.4 is 0 Å². The van der Waals surface area contributed by atoms with E-state index in [9.17, 15) is 5.26 Å². The highest BCUT2D eigenvalue weighted by Gasteiger charge is 2.09. The molecule has 108 valence electrons. The van der Waals surface area contributed by atoms with Crippen molar-refractivity contribution in [2.45, 2.75) is 0 Å². The zero-order valence-electron chi connectivity index (χ0n) is 12.1. The Kier molecular flexibility index (Phi) is 3.22. The number of pyridine rings is 1. The third-order valence-corrected chi connectivity index (χ3v) is 4.22. The van der Waals surface area contributed by atoms with Crippen LogP contribution in [-0.2, 0) is 0 Å². The predicted octanol–water partition coefficient (Wildman–Crippen LogP) is 5.58. The van der Waals surface area contributed by atoms with Gasteiger partial charge in [-0.05, 0) is 46.5 Å². The van der Waals surface area contributed by atoms with Crippen molar-refractivity contribution in [2.24, 2.45) is 0 Å². The molecule has 23 heavy (non-hydrogen) atoms. The summed E-state index contributed by atoms with van der Waals surface area (Å²) >= 11 is 6.08. The summed E-state index contributed by atoms with van der Waals surface area (Å²) in [5.74, 6) is 0. The summed E-state index contributed by atoms with van der Waals surface area (Å²) in [5, 5.41) is 14.2. The summed E-state index contributed by atoms with van der Waals surface area (Å²) in [6.45, 7) is 0. The van der Waals surface area contributed by atoms with Gasteiger partial charge in [0.05, 0.1) is 17.3 Å². The normalized spacial score (nSPS) is 10.8. The number of benzene rings is 3. The first-order valence-corrected chi connectivity index (χ1v) is 7.61. The number of nitrogens with zero attached hydrogens (tertiary/aromatic N) is 2. The van der Waals surface area contributed by atoms with Crippen molar-refractivity contribution in [3.63, 3.8) is 0 Å². The zero-order chi connectivity index (χ0) is 15.8. The van der Waals surface area contributed by atoms with Gasteiger partial charge in [-0.2, -0.15) is 5.26 Å². The molecule has 0 radical (unpaired) electrons.